The van der Waals surface area contributed by atoms with Crippen molar-refractivity contribution in [3.05, 3.63) is 34.9 Å². The van der Waals surface area contributed by atoms with Gasteiger partial charge in [-0.2, -0.15) is 18.2 Å². The Morgan fingerprint density at radius 3 is 2.45 bits per heavy atom. The van der Waals surface area contributed by atoms with Crippen molar-refractivity contribution in [2.75, 3.05) is 5.73 Å². The van der Waals surface area contributed by atoms with Gasteiger partial charge in [0.1, 0.15) is 0 Å². The number of H-pyrrole nitrogens is 1. The fourth-order valence-corrected chi connectivity index (χ4v) is 2.17. The summed E-state index contributed by atoms with van der Waals surface area (Å²) in [6, 6.07) is 1.38. The number of benzene rings is 1. The van der Waals surface area contributed by atoms with Gasteiger partial charge in [-0.25, -0.2) is 13.9 Å². The summed E-state index contributed by atoms with van der Waals surface area (Å²) in [6.07, 6.45) is -4.94. The lowest BCUT2D eigenvalue weighted by Crippen LogP contribution is -2.10. The molecule has 2 rings (SSSR count). The van der Waals surface area contributed by atoms with E-state index in [1.165, 1.54) is 0 Å². The molecule has 4 nitrogen and oxygen atoms in total. The molecule has 0 saturated carbocycles. The Balaban J connectivity index is 2.19. The number of rotatable bonds is 3. The normalized spacial score (nSPS) is 11.8. The molecule has 0 amide bonds. The number of aromatic nitrogens is 3. The standard InChI is InChI=1S/C10H7F5N4S/c11-6-4(3-20-9-17-8(16)18-19-9)1-2-5(7(6)12)10(13,14)15/h1-2H,3H2,(H3,16,17,18,19). The summed E-state index contributed by atoms with van der Waals surface area (Å²) in [6.45, 7) is 0. The number of nitrogens with one attached hydrogen (secondary N) is 1. The van der Waals surface area contributed by atoms with Crippen molar-refractivity contribution >= 4 is 17.7 Å². The second-order valence-electron chi connectivity index (χ2n) is 3.69. The highest BCUT2D eigenvalue weighted by atomic mass is 32.2. The van der Waals surface area contributed by atoms with Gasteiger partial charge in [0.2, 0.25) is 11.1 Å². The van der Waals surface area contributed by atoms with Gasteiger partial charge in [0.15, 0.2) is 11.6 Å². The van der Waals surface area contributed by atoms with E-state index in [9.17, 15) is 22.0 Å². The maximum absolute atomic E-state index is 13.5. The average Bonchev–Trinajstić information content (AvgIpc) is 2.75. The van der Waals surface area contributed by atoms with Crippen LogP contribution in [0.3, 0.4) is 0 Å². The Labute approximate surface area is 113 Å². The molecule has 0 atom stereocenters. The lowest BCUT2D eigenvalue weighted by Gasteiger charge is -2.10. The summed E-state index contributed by atoms with van der Waals surface area (Å²) >= 11 is 0.909. The van der Waals surface area contributed by atoms with Crippen LogP contribution in [0, 0.1) is 11.6 Å². The Morgan fingerprint density at radius 2 is 1.90 bits per heavy atom. The maximum Gasteiger partial charge on any atom is 0.419 e. The highest BCUT2D eigenvalue weighted by Gasteiger charge is 2.35. The second kappa shape index (κ2) is 5.27. The van der Waals surface area contributed by atoms with E-state index in [4.69, 9.17) is 5.73 Å². The zero-order chi connectivity index (χ0) is 14.9. The molecule has 0 spiro atoms. The number of thioether (sulfide) groups is 1. The predicted octanol–water partition coefficient (Wildman–Crippen LogP) is 2.98. The Hall–Kier alpha value is -1.84. The predicted molar refractivity (Wildman–Crippen MR) is 61.7 cm³/mol. The second-order valence-corrected chi connectivity index (χ2v) is 4.63. The average molecular weight is 310 g/mol. The molecule has 3 N–H and O–H groups in total. The molecular formula is C10H7F5N4S. The van der Waals surface area contributed by atoms with Gasteiger partial charge in [0.05, 0.1) is 5.56 Å². The lowest BCUT2D eigenvalue weighted by atomic mass is 10.1. The third kappa shape index (κ3) is 3.00. The molecule has 1 aromatic carbocycles. The molecule has 1 aromatic heterocycles. The van der Waals surface area contributed by atoms with E-state index in [0.29, 0.717) is 6.07 Å². The van der Waals surface area contributed by atoms with Crippen molar-refractivity contribution < 1.29 is 22.0 Å². The van der Waals surface area contributed by atoms with Gasteiger partial charge in [-0.3, -0.25) is 0 Å². The van der Waals surface area contributed by atoms with E-state index in [1.807, 2.05) is 0 Å². The third-order valence-electron chi connectivity index (χ3n) is 2.31. The van der Waals surface area contributed by atoms with E-state index < -0.39 is 23.4 Å². The first-order valence-corrected chi connectivity index (χ1v) is 6.12. The molecule has 0 aliphatic heterocycles. The summed E-state index contributed by atoms with van der Waals surface area (Å²) in [5, 5.41) is 6.17. The van der Waals surface area contributed by atoms with E-state index in [2.05, 4.69) is 15.2 Å². The van der Waals surface area contributed by atoms with Crippen molar-refractivity contribution in [3.8, 4) is 0 Å². The summed E-state index contributed by atoms with van der Waals surface area (Å²) < 4.78 is 64.0. The fourth-order valence-electron chi connectivity index (χ4n) is 1.38. The number of anilines is 1. The molecule has 1 heterocycles. The lowest BCUT2D eigenvalue weighted by molar-refractivity contribution is -0.140. The fraction of sp³-hybridized carbons (Fsp3) is 0.200. The van der Waals surface area contributed by atoms with Gasteiger partial charge in [-0.05, 0) is 6.07 Å². The molecule has 0 aliphatic carbocycles. The molecule has 0 unspecified atom stereocenters. The molecule has 2 aromatic rings. The third-order valence-corrected chi connectivity index (χ3v) is 3.20. The minimum absolute atomic E-state index is 0.0478. The number of aromatic amines is 1. The topological polar surface area (TPSA) is 67.6 Å². The van der Waals surface area contributed by atoms with E-state index >= 15 is 0 Å². The van der Waals surface area contributed by atoms with Crippen molar-refractivity contribution in [1.29, 1.82) is 0 Å². The van der Waals surface area contributed by atoms with E-state index in [0.717, 1.165) is 17.8 Å². The highest BCUT2D eigenvalue weighted by Crippen LogP contribution is 2.34. The Bertz CT molecular complexity index is 625. The molecule has 108 valence electrons. The quantitative estimate of drug-likeness (QED) is 0.675. The summed E-state index contributed by atoms with van der Waals surface area (Å²) in [5.74, 6) is -3.52. The number of alkyl halides is 3. The van der Waals surface area contributed by atoms with E-state index in [1.54, 1.807) is 0 Å². The Kier molecular flexibility index (Phi) is 3.84. The van der Waals surface area contributed by atoms with Crippen LogP contribution in [0.25, 0.3) is 0 Å². The Morgan fingerprint density at radius 1 is 1.20 bits per heavy atom. The van der Waals surface area contributed by atoms with Gasteiger partial charge in [-0.1, -0.05) is 17.8 Å². The summed E-state index contributed by atoms with van der Waals surface area (Å²) in [4.78, 5) is 3.71. The van der Waals surface area contributed by atoms with Crippen molar-refractivity contribution in [3.63, 3.8) is 0 Å². The van der Waals surface area contributed by atoms with Crippen LogP contribution in [0.2, 0.25) is 0 Å². The van der Waals surface area contributed by atoms with E-state index in [-0.39, 0.29) is 22.4 Å². The smallest absolute Gasteiger partial charge is 0.368 e. The maximum atomic E-state index is 13.5. The first-order valence-electron chi connectivity index (χ1n) is 5.14. The van der Waals surface area contributed by atoms with Crippen molar-refractivity contribution in [2.45, 2.75) is 17.1 Å². The molecule has 0 radical (unpaired) electrons. The number of hydrogen-bond donors (Lipinski definition) is 2. The largest absolute Gasteiger partial charge is 0.419 e. The number of hydrogen-bond acceptors (Lipinski definition) is 4. The molecule has 0 fully saturated rings. The number of nitrogens with two attached hydrogens (primary N) is 1. The molecule has 0 bridgehead atoms. The summed E-state index contributed by atoms with van der Waals surface area (Å²) in [5.41, 5.74) is 3.42. The van der Waals surface area contributed by atoms with Crippen molar-refractivity contribution in [1.82, 2.24) is 15.2 Å². The van der Waals surface area contributed by atoms with Gasteiger partial charge in [0, 0.05) is 11.3 Å². The minimum Gasteiger partial charge on any atom is -0.368 e. The molecule has 0 saturated heterocycles. The van der Waals surface area contributed by atoms with Crippen LogP contribution >= 0.6 is 11.8 Å². The zero-order valence-electron chi connectivity index (χ0n) is 9.63. The monoisotopic (exact) mass is 310 g/mol. The van der Waals surface area contributed by atoms with Gasteiger partial charge in [0.25, 0.3) is 0 Å². The number of nitrogens with zero attached hydrogens (tertiary/aromatic N) is 2. The van der Waals surface area contributed by atoms with Crippen LogP contribution in [-0.4, -0.2) is 15.2 Å². The van der Waals surface area contributed by atoms with Gasteiger partial charge in [-0.15, -0.1) is 5.10 Å². The van der Waals surface area contributed by atoms with Crippen LogP contribution in [0.1, 0.15) is 11.1 Å². The van der Waals surface area contributed by atoms with Crippen LogP contribution in [0.4, 0.5) is 27.9 Å². The first kappa shape index (κ1) is 14.6. The molecule has 0 aliphatic rings. The molecule has 20 heavy (non-hydrogen) atoms. The highest BCUT2D eigenvalue weighted by molar-refractivity contribution is 7.98. The first-order chi connectivity index (χ1) is 9.29. The van der Waals surface area contributed by atoms with Gasteiger partial charge < -0.3 is 5.73 Å². The van der Waals surface area contributed by atoms with Crippen LogP contribution in [0.5, 0.6) is 0 Å². The molecular weight excluding hydrogens is 303 g/mol. The zero-order valence-corrected chi connectivity index (χ0v) is 10.4. The number of nitrogen functional groups attached to an aromatic ring is 1. The SMILES string of the molecule is Nc1nc(SCc2ccc(C(F)(F)F)c(F)c2F)n[nH]1. The van der Waals surface area contributed by atoms with Crippen LogP contribution in [0.15, 0.2) is 17.3 Å². The van der Waals surface area contributed by atoms with Crippen LogP contribution in [-0.2, 0) is 11.9 Å². The minimum atomic E-state index is -4.94. The van der Waals surface area contributed by atoms with Crippen molar-refractivity contribution in [2.24, 2.45) is 0 Å². The van der Waals surface area contributed by atoms with Crippen LogP contribution < -0.4 is 5.73 Å². The summed E-state index contributed by atoms with van der Waals surface area (Å²) in [7, 11) is 0. The van der Waals surface area contributed by atoms with Gasteiger partial charge >= 0.3 is 6.18 Å². The molecule has 10 heteroatoms. The number of halogens is 5.